The third-order valence-corrected chi connectivity index (χ3v) is 9.31. The fraction of sp³-hybridized carbons (Fsp3) is 0.400. The maximum atomic E-state index is 10.8. The maximum Gasteiger partial charge on any atom is 0.267 e. The lowest BCUT2D eigenvalue weighted by atomic mass is 10.1. The topological polar surface area (TPSA) is 300 Å². The van der Waals surface area contributed by atoms with Gasteiger partial charge in [-0.15, -0.1) is 0 Å². The highest BCUT2D eigenvalue weighted by molar-refractivity contribution is 5.92. The monoisotopic (exact) mass is 1000 g/mol. The number of amides is 4. The molecule has 22 nitrogen and oxygen atoms in total. The number of ether oxygens (including phenoxy) is 2. The number of carbonyl (C=O) groups excluding carboxylic acids is 4. The standard InChI is InChI=1S/C13H20N4O2.C13H19N3O2.C13H18N2O3.C11H15N3O3/c1-13(2,3)17(4)9-11-14-7-10(8-15-11)5-6-12(18)16-19;1-10(2)16(3)9-12-6-4-11(8-14-12)5-7-13(17)15-18;1-13(2,3)18-9-11-6-4-10(8-14-11)5-7-12(16)15-17;1-8(2)17-7-10-12-5-9(6-13-10)3-4-11(15)14-16/h5-8,19H,9H2,1-4H3,(H,16,18);4-8,10,18H,9H2,1-3H3,(H,15,17);4-8,17H,9H2,1-3H3,(H,15,16);3-6,8,16H,7H2,1-2H3,(H,14,15)/b6-5+;2*7-5+;4-3+. The van der Waals surface area contributed by atoms with E-state index in [1.165, 1.54) is 58.4 Å². The number of hydrogen-bond acceptors (Lipinski definition) is 18. The number of pyridine rings is 2. The van der Waals surface area contributed by atoms with Crippen molar-refractivity contribution in [2.45, 2.75) is 119 Å². The Hall–Kier alpha value is -7.02. The first-order valence-electron chi connectivity index (χ1n) is 22.5. The molecule has 0 aromatic carbocycles. The molecule has 0 radical (unpaired) electrons. The van der Waals surface area contributed by atoms with Crippen LogP contribution in [0.4, 0.5) is 0 Å². The number of nitrogens with zero attached hydrogens (tertiary/aromatic N) is 8. The van der Waals surface area contributed by atoms with E-state index in [2.05, 4.69) is 74.3 Å². The molecule has 0 unspecified atom stereocenters. The van der Waals surface area contributed by atoms with Crippen LogP contribution in [-0.4, -0.2) is 122 Å². The van der Waals surface area contributed by atoms with Crippen molar-refractivity contribution in [1.29, 1.82) is 0 Å². The third kappa shape index (κ3) is 29.9. The Labute approximate surface area is 421 Å². The highest BCUT2D eigenvalue weighted by Crippen LogP contribution is 2.14. The van der Waals surface area contributed by atoms with E-state index in [4.69, 9.17) is 30.3 Å². The average molecular weight is 1000 g/mol. The van der Waals surface area contributed by atoms with E-state index in [0.717, 1.165) is 34.9 Å². The number of aromatic nitrogens is 6. The van der Waals surface area contributed by atoms with E-state index in [1.54, 1.807) is 49.3 Å². The molecule has 4 amide bonds. The molecule has 0 aliphatic carbocycles. The van der Waals surface area contributed by atoms with Crippen molar-refractivity contribution in [3.8, 4) is 0 Å². The second-order valence-electron chi connectivity index (χ2n) is 18.1. The first-order valence-corrected chi connectivity index (χ1v) is 22.5. The molecule has 8 N–H and O–H groups in total. The van der Waals surface area contributed by atoms with E-state index in [0.29, 0.717) is 42.8 Å². The van der Waals surface area contributed by atoms with Gasteiger partial charge in [0.15, 0.2) is 5.82 Å². The van der Waals surface area contributed by atoms with Crippen molar-refractivity contribution >= 4 is 47.9 Å². The molecule has 4 rings (SSSR count). The van der Waals surface area contributed by atoms with Crippen LogP contribution in [0.15, 0.2) is 85.8 Å². The summed E-state index contributed by atoms with van der Waals surface area (Å²) < 4.78 is 10.9. The molecule has 0 saturated carbocycles. The summed E-state index contributed by atoms with van der Waals surface area (Å²) in [6, 6.07) is 7.95. The Kier molecular flexibility index (Phi) is 29.3. The van der Waals surface area contributed by atoms with Crippen molar-refractivity contribution in [3.05, 3.63) is 131 Å². The molecule has 4 aromatic rings. The van der Waals surface area contributed by atoms with Gasteiger partial charge in [-0.1, -0.05) is 12.1 Å². The van der Waals surface area contributed by atoms with Gasteiger partial charge < -0.3 is 9.47 Å². The highest BCUT2D eigenvalue weighted by atomic mass is 16.5. The predicted molar refractivity (Wildman–Crippen MR) is 271 cm³/mol. The van der Waals surface area contributed by atoms with E-state index in [-0.39, 0.29) is 17.2 Å². The van der Waals surface area contributed by atoms with Gasteiger partial charge >= 0.3 is 0 Å². The number of hydrogen-bond donors (Lipinski definition) is 8. The summed E-state index contributed by atoms with van der Waals surface area (Å²) in [4.78, 5) is 72.6. The van der Waals surface area contributed by atoms with Crippen LogP contribution in [-0.2, 0) is 55.0 Å². The molecule has 0 aliphatic heterocycles. The SMILES string of the molecule is CC(C)(C)OCc1ccc(/C=C/C(=O)NO)cn1.CC(C)N(C)Cc1ccc(/C=C/C(=O)NO)cn1.CC(C)OCc1ncc(/C=C/C(=O)NO)cn1.CN(Cc1ncc(/C=C/C(=O)NO)cn1)C(C)(C)C. The fourth-order valence-corrected chi connectivity index (χ4v) is 4.56. The largest absolute Gasteiger partial charge is 0.371 e. The Bertz CT molecular complexity index is 2330. The van der Waals surface area contributed by atoms with Crippen LogP contribution in [0.25, 0.3) is 24.3 Å². The molecule has 0 aliphatic rings. The molecule has 72 heavy (non-hydrogen) atoms. The van der Waals surface area contributed by atoms with Gasteiger partial charge in [0.25, 0.3) is 23.6 Å². The molecule has 4 aromatic heterocycles. The van der Waals surface area contributed by atoms with E-state index in [1.807, 2.05) is 73.0 Å². The van der Waals surface area contributed by atoms with Crippen LogP contribution >= 0.6 is 0 Å². The van der Waals surface area contributed by atoms with E-state index < -0.39 is 23.6 Å². The van der Waals surface area contributed by atoms with E-state index >= 15 is 0 Å². The van der Waals surface area contributed by atoms with Gasteiger partial charge in [-0.2, -0.15) is 0 Å². The van der Waals surface area contributed by atoms with Crippen LogP contribution in [0.1, 0.15) is 115 Å². The lowest BCUT2D eigenvalue weighted by Crippen LogP contribution is -2.37. The Morgan fingerprint density at radius 3 is 1.25 bits per heavy atom. The minimum atomic E-state index is -0.600. The summed E-state index contributed by atoms with van der Waals surface area (Å²) in [6.45, 7) is 22.7. The molecular weight excluding hydrogens is 929 g/mol. The van der Waals surface area contributed by atoms with Crippen LogP contribution in [0, 0.1) is 0 Å². The summed E-state index contributed by atoms with van der Waals surface area (Å²) >= 11 is 0. The number of nitrogens with one attached hydrogen (secondary N) is 4. The lowest BCUT2D eigenvalue weighted by Gasteiger charge is -2.31. The number of carbonyl (C=O) groups is 4. The molecule has 4 heterocycles. The summed E-state index contributed by atoms with van der Waals surface area (Å²) in [5, 5.41) is 33.3. The van der Waals surface area contributed by atoms with E-state index in [9.17, 15) is 19.2 Å². The van der Waals surface area contributed by atoms with Crippen molar-refractivity contribution in [2.75, 3.05) is 14.1 Å². The second-order valence-corrected chi connectivity index (χ2v) is 18.1. The second kappa shape index (κ2) is 33.5. The van der Waals surface area contributed by atoms with Gasteiger partial charge in [0.05, 0.1) is 36.2 Å². The molecule has 22 heteroatoms. The molecular formula is C50H72N12O10. The van der Waals surface area contributed by atoms with Gasteiger partial charge in [0, 0.05) is 90.7 Å². The molecule has 0 fully saturated rings. The molecule has 0 spiro atoms. The van der Waals surface area contributed by atoms with Crippen molar-refractivity contribution < 1.29 is 49.5 Å². The third-order valence-electron chi connectivity index (χ3n) is 9.31. The Balaban J connectivity index is 0.000000480. The normalized spacial score (nSPS) is 11.6. The van der Waals surface area contributed by atoms with Gasteiger partial charge in [-0.3, -0.25) is 59.8 Å². The predicted octanol–water partition coefficient (Wildman–Crippen LogP) is 5.50. The summed E-state index contributed by atoms with van der Waals surface area (Å²) in [5.41, 5.74) is 10.7. The molecule has 0 atom stereocenters. The van der Waals surface area contributed by atoms with Gasteiger partial charge in [0.2, 0.25) is 0 Å². The minimum absolute atomic E-state index is 0.0567. The highest BCUT2D eigenvalue weighted by Gasteiger charge is 2.18. The smallest absolute Gasteiger partial charge is 0.267 e. The zero-order valence-electron chi connectivity index (χ0n) is 43.2. The zero-order valence-corrected chi connectivity index (χ0v) is 43.2. The van der Waals surface area contributed by atoms with Crippen LogP contribution in [0.5, 0.6) is 0 Å². The fourth-order valence-electron chi connectivity index (χ4n) is 4.56. The molecule has 0 bridgehead atoms. The van der Waals surface area contributed by atoms with Gasteiger partial charge in [-0.25, -0.2) is 41.9 Å². The number of rotatable bonds is 18. The first-order chi connectivity index (χ1) is 33.9. The summed E-state index contributed by atoms with van der Waals surface area (Å²) in [6.07, 6.45) is 20.9. The lowest BCUT2D eigenvalue weighted by molar-refractivity contribution is -0.124. The van der Waals surface area contributed by atoms with Crippen molar-refractivity contribution in [3.63, 3.8) is 0 Å². The van der Waals surface area contributed by atoms with Crippen molar-refractivity contribution in [2.24, 2.45) is 0 Å². The zero-order chi connectivity index (χ0) is 54.3. The van der Waals surface area contributed by atoms with Crippen molar-refractivity contribution in [1.82, 2.24) is 61.6 Å². The Morgan fingerprint density at radius 1 is 0.542 bits per heavy atom. The first kappa shape index (κ1) is 63.0. The van der Waals surface area contributed by atoms with Gasteiger partial charge in [-0.05, 0) is 131 Å². The van der Waals surface area contributed by atoms with Crippen LogP contribution in [0.3, 0.4) is 0 Å². The summed E-state index contributed by atoms with van der Waals surface area (Å²) in [5.74, 6) is -1.01. The maximum absolute atomic E-state index is 10.8. The average Bonchev–Trinajstić information content (AvgIpc) is 3.35. The van der Waals surface area contributed by atoms with Gasteiger partial charge in [0.1, 0.15) is 12.4 Å². The minimum Gasteiger partial charge on any atom is -0.371 e. The van der Waals surface area contributed by atoms with Crippen LogP contribution < -0.4 is 21.9 Å². The number of hydroxylamine groups is 4. The molecule has 0 saturated heterocycles. The van der Waals surface area contributed by atoms with Crippen LogP contribution in [0.2, 0.25) is 0 Å². The Morgan fingerprint density at radius 2 is 0.917 bits per heavy atom. The summed E-state index contributed by atoms with van der Waals surface area (Å²) in [7, 11) is 4.06. The molecule has 392 valence electrons. The quantitative estimate of drug-likeness (QED) is 0.0347.